The van der Waals surface area contributed by atoms with Gasteiger partial charge >= 0.3 is 0 Å². The lowest BCUT2D eigenvalue weighted by molar-refractivity contribution is -0.118. The number of H-pyrrole nitrogens is 1. The molecule has 0 atom stereocenters. The van der Waals surface area contributed by atoms with Crippen molar-refractivity contribution in [3.8, 4) is 0 Å². The van der Waals surface area contributed by atoms with Crippen LogP contribution in [0.1, 0.15) is 23.7 Å². The quantitative estimate of drug-likeness (QED) is 0.788. The zero-order valence-electron chi connectivity index (χ0n) is 9.62. The number of ketones is 1. The van der Waals surface area contributed by atoms with Crippen LogP contribution >= 0.6 is 0 Å². The molecule has 0 aliphatic rings. The van der Waals surface area contributed by atoms with Crippen molar-refractivity contribution in [2.75, 3.05) is 6.54 Å². The summed E-state index contributed by atoms with van der Waals surface area (Å²) in [5.41, 5.74) is 1.64. The number of aromatic nitrogens is 1. The molecule has 0 saturated heterocycles. The van der Waals surface area contributed by atoms with E-state index in [0.717, 1.165) is 10.9 Å². The summed E-state index contributed by atoms with van der Waals surface area (Å²) in [7, 11) is 0. The third-order valence-electron chi connectivity index (χ3n) is 2.62. The van der Waals surface area contributed by atoms with Gasteiger partial charge in [0, 0.05) is 42.6 Å². The molecule has 0 spiro atoms. The Morgan fingerprint density at radius 2 is 2.06 bits per heavy atom. The maximum absolute atomic E-state index is 11.9. The van der Waals surface area contributed by atoms with Crippen LogP contribution in [0.5, 0.6) is 0 Å². The summed E-state index contributed by atoms with van der Waals surface area (Å²) in [4.78, 5) is 25.7. The standard InChI is InChI=1S/C13H14N2O2/c1-9(16)14-7-6-13(17)11-8-15-12-5-3-2-4-10(11)12/h2-5,8,15H,6-7H2,1H3,(H,14,16). The van der Waals surface area contributed by atoms with Gasteiger partial charge in [-0.1, -0.05) is 18.2 Å². The van der Waals surface area contributed by atoms with Crippen LogP contribution in [0.15, 0.2) is 30.5 Å². The Hall–Kier alpha value is -2.10. The van der Waals surface area contributed by atoms with Gasteiger partial charge in [-0.3, -0.25) is 9.59 Å². The highest BCUT2D eigenvalue weighted by Gasteiger charge is 2.11. The van der Waals surface area contributed by atoms with E-state index in [9.17, 15) is 9.59 Å². The zero-order chi connectivity index (χ0) is 12.3. The van der Waals surface area contributed by atoms with Gasteiger partial charge < -0.3 is 10.3 Å². The van der Waals surface area contributed by atoms with E-state index in [1.807, 2.05) is 24.3 Å². The van der Waals surface area contributed by atoms with Crippen LogP contribution in [0.4, 0.5) is 0 Å². The molecule has 1 amide bonds. The number of benzene rings is 1. The van der Waals surface area contributed by atoms with Crippen LogP contribution in [-0.2, 0) is 4.79 Å². The van der Waals surface area contributed by atoms with Crippen LogP contribution < -0.4 is 5.32 Å². The molecule has 2 aromatic rings. The summed E-state index contributed by atoms with van der Waals surface area (Å²) < 4.78 is 0. The van der Waals surface area contributed by atoms with Gasteiger partial charge in [0.2, 0.25) is 5.91 Å². The SMILES string of the molecule is CC(=O)NCCC(=O)c1c[nH]c2ccccc12. The number of carbonyl (C=O) groups is 2. The molecule has 1 aromatic carbocycles. The molecule has 2 rings (SSSR count). The van der Waals surface area contributed by atoms with E-state index < -0.39 is 0 Å². The predicted molar refractivity (Wildman–Crippen MR) is 65.9 cm³/mol. The summed E-state index contributed by atoms with van der Waals surface area (Å²) in [6.45, 7) is 1.82. The topological polar surface area (TPSA) is 62.0 Å². The van der Waals surface area contributed by atoms with Gasteiger partial charge in [-0.15, -0.1) is 0 Å². The first-order valence-electron chi connectivity index (χ1n) is 5.52. The minimum absolute atomic E-state index is 0.0381. The Bertz CT molecular complexity index is 557. The van der Waals surface area contributed by atoms with Gasteiger partial charge in [0.15, 0.2) is 5.78 Å². The second kappa shape index (κ2) is 4.82. The lowest BCUT2D eigenvalue weighted by atomic mass is 10.1. The Morgan fingerprint density at radius 3 is 2.82 bits per heavy atom. The van der Waals surface area contributed by atoms with Crippen molar-refractivity contribution in [3.63, 3.8) is 0 Å². The van der Waals surface area contributed by atoms with E-state index >= 15 is 0 Å². The third kappa shape index (κ3) is 2.53. The van der Waals surface area contributed by atoms with Crippen LogP contribution in [-0.4, -0.2) is 23.2 Å². The minimum atomic E-state index is -0.114. The smallest absolute Gasteiger partial charge is 0.216 e. The molecular formula is C13H14N2O2. The highest BCUT2D eigenvalue weighted by atomic mass is 16.1. The normalized spacial score (nSPS) is 10.4. The molecule has 0 saturated carbocycles. The number of fused-ring (bicyclic) bond motifs is 1. The van der Waals surface area contributed by atoms with Gasteiger partial charge in [-0.05, 0) is 6.07 Å². The molecule has 0 aliphatic carbocycles. The fraction of sp³-hybridized carbons (Fsp3) is 0.231. The summed E-state index contributed by atoms with van der Waals surface area (Å²) in [5.74, 6) is -0.0760. The largest absolute Gasteiger partial charge is 0.360 e. The number of hydrogen-bond donors (Lipinski definition) is 2. The van der Waals surface area contributed by atoms with Gasteiger partial charge in [0.25, 0.3) is 0 Å². The molecule has 0 radical (unpaired) electrons. The molecule has 0 fully saturated rings. The van der Waals surface area contributed by atoms with Crippen molar-refractivity contribution in [3.05, 3.63) is 36.0 Å². The number of nitrogens with one attached hydrogen (secondary N) is 2. The number of aromatic amines is 1. The number of carbonyl (C=O) groups excluding carboxylic acids is 2. The fourth-order valence-electron chi connectivity index (χ4n) is 1.79. The summed E-state index contributed by atoms with van der Waals surface area (Å²) in [6.07, 6.45) is 2.04. The molecule has 1 heterocycles. The first-order valence-corrected chi connectivity index (χ1v) is 5.52. The highest BCUT2D eigenvalue weighted by Crippen LogP contribution is 2.18. The van der Waals surface area contributed by atoms with Crippen LogP contribution in [0.3, 0.4) is 0 Å². The Morgan fingerprint density at radius 1 is 1.29 bits per heavy atom. The van der Waals surface area contributed by atoms with E-state index in [1.54, 1.807) is 6.20 Å². The van der Waals surface area contributed by atoms with Gasteiger partial charge in [-0.25, -0.2) is 0 Å². The van der Waals surface area contributed by atoms with Gasteiger partial charge in [-0.2, -0.15) is 0 Å². The van der Waals surface area contributed by atoms with E-state index in [2.05, 4.69) is 10.3 Å². The molecule has 2 N–H and O–H groups in total. The molecule has 4 nitrogen and oxygen atoms in total. The molecule has 88 valence electrons. The van der Waals surface area contributed by atoms with Crippen molar-refractivity contribution >= 4 is 22.6 Å². The van der Waals surface area contributed by atoms with E-state index in [4.69, 9.17) is 0 Å². The molecular weight excluding hydrogens is 216 g/mol. The van der Waals surface area contributed by atoms with Crippen molar-refractivity contribution in [2.45, 2.75) is 13.3 Å². The average molecular weight is 230 g/mol. The van der Waals surface area contributed by atoms with Crippen molar-refractivity contribution in [2.24, 2.45) is 0 Å². The zero-order valence-corrected chi connectivity index (χ0v) is 9.62. The number of Topliss-reactive ketones (excluding diaryl/α,β-unsaturated/α-hetero) is 1. The second-order valence-electron chi connectivity index (χ2n) is 3.90. The lowest BCUT2D eigenvalue weighted by Gasteiger charge is -2.00. The van der Waals surface area contributed by atoms with Crippen LogP contribution in [0.2, 0.25) is 0 Å². The Balaban J connectivity index is 2.11. The first-order chi connectivity index (χ1) is 8.18. The summed E-state index contributed by atoms with van der Waals surface area (Å²) in [5, 5.41) is 3.55. The summed E-state index contributed by atoms with van der Waals surface area (Å²) >= 11 is 0. The number of hydrogen-bond acceptors (Lipinski definition) is 2. The number of para-hydroxylation sites is 1. The van der Waals surface area contributed by atoms with Crippen LogP contribution in [0, 0.1) is 0 Å². The minimum Gasteiger partial charge on any atom is -0.360 e. The predicted octanol–water partition coefficient (Wildman–Crippen LogP) is 1.88. The lowest BCUT2D eigenvalue weighted by Crippen LogP contribution is -2.22. The molecule has 4 heteroatoms. The highest BCUT2D eigenvalue weighted by molar-refractivity contribution is 6.07. The maximum atomic E-state index is 11.9. The molecule has 0 aliphatic heterocycles. The van der Waals surface area contributed by atoms with E-state index in [0.29, 0.717) is 18.5 Å². The van der Waals surface area contributed by atoms with E-state index in [1.165, 1.54) is 6.92 Å². The molecule has 0 bridgehead atoms. The first kappa shape index (κ1) is 11.4. The fourth-order valence-corrected chi connectivity index (χ4v) is 1.79. The van der Waals surface area contributed by atoms with Crippen LogP contribution in [0.25, 0.3) is 10.9 Å². The maximum Gasteiger partial charge on any atom is 0.216 e. The Kier molecular flexibility index (Phi) is 3.23. The van der Waals surface area contributed by atoms with E-state index in [-0.39, 0.29) is 11.7 Å². The van der Waals surface area contributed by atoms with Gasteiger partial charge in [0.1, 0.15) is 0 Å². The molecule has 0 unspecified atom stereocenters. The summed E-state index contributed by atoms with van der Waals surface area (Å²) in [6, 6.07) is 7.67. The number of rotatable bonds is 4. The van der Waals surface area contributed by atoms with Gasteiger partial charge in [0.05, 0.1) is 0 Å². The third-order valence-corrected chi connectivity index (χ3v) is 2.62. The second-order valence-corrected chi connectivity index (χ2v) is 3.90. The monoisotopic (exact) mass is 230 g/mol. The van der Waals surface area contributed by atoms with Crippen molar-refractivity contribution < 1.29 is 9.59 Å². The van der Waals surface area contributed by atoms with Crippen molar-refractivity contribution in [1.82, 2.24) is 10.3 Å². The average Bonchev–Trinajstić information content (AvgIpc) is 2.72. The molecule has 1 aromatic heterocycles. The van der Waals surface area contributed by atoms with Crippen molar-refractivity contribution in [1.29, 1.82) is 0 Å². The Labute approximate surface area is 99.0 Å². The number of amides is 1. The molecule has 17 heavy (non-hydrogen) atoms.